The Morgan fingerprint density at radius 3 is 2.45 bits per heavy atom. The summed E-state index contributed by atoms with van der Waals surface area (Å²) in [6, 6.07) is 8.96. The molecule has 0 aliphatic rings. The molecule has 29 heavy (non-hydrogen) atoms. The summed E-state index contributed by atoms with van der Waals surface area (Å²) in [7, 11) is 1.51. The molecule has 0 atom stereocenters. The first kappa shape index (κ1) is 20.8. The van der Waals surface area contributed by atoms with Crippen LogP contribution in [0.2, 0.25) is 10.2 Å². The minimum Gasteiger partial charge on any atom is -0.481 e. The number of pyridine rings is 2. The Morgan fingerprint density at radius 1 is 1.07 bits per heavy atom. The summed E-state index contributed by atoms with van der Waals surface area (Å²) < 4.78 is 18.5. The van der Waals surface area contributed by atoms with Crippen molar-refractivity contribution in [2.24, 2.45) is 0 Å². The Morgan fingerprint density at radius 2 is 1.79 bits per heavy atom. The molecule has 0 saturated carbocycles. The van der Waals surface area contributed by atoms with Gasteiger partial charge in [-0.15, -0.1) is 0 Å². The summed E-state index contributed by atoms with van der Waals surface area (Å²) in [6.07, 6.45) is 0. The second-order valence-electron chi connectivity index (χ2n) is 6.18. The number of amides is 1. The number of benzene rings is 1. The van der Waals surface area contributed by atoms with Crippen LogP contribution in [0.1, 0.15) is 21.6 Å². The smallest absolute Gasteiger partial charge is 0.259 e. The lowest BCUT2D eigenvalue weighted by Gasteiger charge is -2.15. The van der Waals surface area contributed by atoms with Crippen molar-refractivity contribution in [3.05, 3.63) is 69.2 Å². The summed E-state index contributed by atoms with van der Waals surface area (Å²) in [5.74, 6) is -0.208. The molecule has 6 nitrogen and oxygen atoms in total. The SMILES string of the molecule is COc1ccc(NC(=O)c2cc(Cl)c(Cl)nc2Nc2ccc(F)cc2C)c(C)n1. The van der Waals surface area contributed by atoms with Crippen LogP contribution in [-0.4, -0.2) is 23.0 Å². The van der Waals surface area contributed by atoms with E-state index in [2.05, 4.69) is 20.6 Å². The molecule has 2 aromatic heterocycles. The van der Waals surface area contributed by atoms with Crippen LogP contribution in [0.3, 0.4) is 0 Å². The zero-order valence-corrected chi connectivity index (χ0v) is 17.3. The molecule has 0 radical (unpaired) electrons. The molecular weight excluding hydrogens is 418 g/mol. The van der Waals surface area contributed by atoms with Crippen LogP contribution < -0.4 is 15.4 Å². The summed E-state index contributed by atoms with van der Waals surface area (Å²) in [5.41, 5.74) is 2.46. The summed E-state index contributed by atoms with van der Waals surface area (Å²) in [6.45, 7) is 3.47. The van der Waals surface area contributed by atoms with Gasteiger partial charge in [0.1, 0.15) is 16.8 Å². The summed E-state index contributed by atoms with van der Waals surface area (Å²) in [5, 5.41) is 5.96. The van der Waals surface area contributed by atoms with E-state index >= 15 is 0 Å². The maximum Gasteiger partial charge on any atom is 0.259 e. The molecule has 0 aliphatic carbocycles. The van der Waals surface area contributed by atoms with Crippen molar-refractivity contribution in [2.75, 3.05) is 17.7 Å². The summed E-state index contributed by atoms with van der Waals surface area (Å²) >= 11 is 12.1. The van der Waals surface area contributed by atoms with Crippen molar-refractivity contribution in [3.63, 3.8) is 0 Å². The number of rotatable bonds is 5. The maximum atomic E-state index is 13.4. The molecule has 0 saturated heterocycles. The van der Waals surface area contributed by atoms with Crippen molar-refractivity contribution >= 4 is 46.3 Å². The van der Waals surface area contributed by atoms with Gasteiger partial charge in [0.2, 0.25) is 5.88 Å². The predicted molar refractivity (Wildman–Crippen MR) is 112 cm³/mol. The topological polar surface area (TPSA) is 76.1 Å². The number of carbonyl (C=O) groups excluding carboxylic acids is 1. The Bertz CT molecular complexity index is 1090. The highest BCUT2D eigenvalue weighted by Crippen LogP contribution is 2.30. The third-order valence-electron chi connectivity index (χ3n) is 4.14. The quantitative estimate of drug-likeness (QED) is 0.515. The van der Waals surface area contributed by atoms with E-state index in [-0.39, 0.29) is 27.4 Å². The van der Waals surface area contributed by atoms with Crippen LogP contribution in [-0.2, 0) is 0 Å². The molecule has 1 aromatic carbocycles. The van der Waals surface area contributed by atoms with Gasteiger partial charge in [-0.05, 0) is 49.7 Å². The van der Waals surface area contributed by atoms with Crippen LogP contribution in [0, 0.1) is 19.7 Å². The van der Waals surface area contributed by atoms with Gasteiger partial charge in [-0.1, -0.05) is 23.2 Å². The van der Waals surface area contributed by atoms with Gasteiger partial charge in [-0.25, -0.2) is 14.4 Å². The van der Waals surface area contributed by atoms with Crippen molar-refractivity contribution < 1.29 is 13.9 Å². The molecule has 9 heteroatoms. The fraction of sp³-hybridized carbons (Fsp3) is 0.150. The standard InChI is InChI=1S/C20H17Cl2FN4O2/c1-10-8-12(23)4-5-15(10)25-19-13(9-14(21)18(22)27-19)20(28)26-16-6-7-17(29-3)24-11(16)2/h4-9H,1-3H3,(H,25,27)(H,26,28). The first-order valence-corrected chi connectivity index (χ1v) is 9.26. The molecule has 150 valence electrons. The van der Waals surface area contributed by atoms with E-state index in [0.717, 1.165) is 0 Å². The lowest BCUT2D eigenvalue weighted by Crippen LogP contribution is -2.16. The number of aromatic nitrogens is 2. The molecular formula is C20H17Cl2FN4O2. The number of nitrogens with zero attached hydrogens (tertiary/aromatic N) is 2. The zero-order valence-electron chi connectivity index (χ0n) is 15.8. The molecule has 0 unspecified atom stereocenters. The van der Waals surface area contributed by atoms with E-state index in [1.54, 1.807) is 32.0 Å². The first-order valence-electron chi connectivity index (χ1n) is 8.50. The Labute approximate surface area is 177 Å². The van der Waals surface area contributed by atoms with Crippen LogP contribution in [0.25, 0.3) is 0 Å². The molecule has 0 bridgehead atoms. The lowest BCUT2D eigenvalue weighted by molar-refractivity contribution is 0.102. The van der Waals surface area contributed by atoms with Gasteiger partial charge in [-0.3, -0.25) is 4.79 Å². The third-order valence-corrected chi connectivity index (χ3v) is 4.81. The number of hydrogen-bond donors (Lipinski definition) is 2. The van der Waals surface area contributed by atoms with Crippen molar-refractivity contribution in [1.82, 2.24) is 9.97 Å². The van der Waals surface area contributed by atoms with E-state index in [1.165, 1.54) is 25.3 Å². The Balaban J connectivity index is 1.95. The molecule has 0 fully saturated rings. The lowest BCUT2D eigenvalue weighted by atomic mass is 10.1. The number of anilines is 3. The number of aryl methyl sites for hydroxylation is 2. The number of halogens is 3. The molecule has 3 aromatic rings. The van der Waals surface area contributed by atoms with E-state index < -0.39 is 5.91 Å². The highest BCUT2D eigenvalue weighted by molar-refractivity contribution is 6.41. The van der Waals surface area contributed by atoms with Gasteiger partial charge >= 0.3 is 0 Å². The molecule has 2 N–H and O–H groups in total. The third kappa shape index (κ3) is 4.75. The highest BCUT2D eigenvalue weighted by atomic mass is 35.5. The van der Waals surface area contributed by atoms with Gasteiger partial charge in [0.15, 0.2) is 0 Å². The maximum absolute atomic E-state index is 13.4. The van der Waals surface area contributed by atoms with Gasteiger partial charge in [0, 0.05) is 11.8 Å². The zero-order chi connectivity index (χ0) is 21.1. The average Bonchev–Trinajstić information content (AvgIpc) is 2.68. The number of carbonyl (C=O) groups is 1. The first-order chi connectivity index (χ1) is 13.8. The number of ether oxygens (including phenoxy) is 1. The normalized spacial score (nSPS) is 10.6. The molecule has 0 spiro atoms. The average molecular weight is 435 g/mol. The molecule has 0 aliphatic heterocycles. The highest BCUT2D eigenvalue weighted by Gasteiger charge is 2.18. The summed E-state index contributed by atoms with van der Waals surface area (Å²) in [4.78, 5) is 21.3. The van der Waals surface area contributed by atoms with Crippen molar-refractivity contribution in [2.45, 2.75) is 13.8 Å². The second kappa shape index (κ2) is 8.63. The van der Waals surface area contributed by atoms with Crippen LogP contribution in [0.4, 0.5) is 21.6 Å². The second-order valence-corrected chi connectivity index (χ2v) is 6.95. The molecule has 2 heterocycles. The van der Waals surface area contributed by atoms with Gasteiger partial charge < -0.3 is 15.4 Å². The van der Waals surface area contributed by atoms with Gasteiger partial charge in [0.05, 0.1) is 29.1 Å². The van der Waals surface area contributed by atoms with Crippen LogP contribution in [0.5, 0.6) is 5.88 Å². The molecule has 1 amide bonds. The minimum atomic E-state index is -0.464. The van der Waals surface area contributed by atoms with Crippen LogP contribution in [0.15, 0.2) is 36.4 Å². The predicted octanol–water partition coefficient (Wildman–Crippen LogP) is 5.54. The Kier molecular flexibility index (Phi) is 6.20. The van der Waals surface area contributed by atoms with Crippen molar-refractivity contribution in [1.29, 1.82) is 0 Å². The monoisotopic (exact) mass is 434 g/mol. The van der Waals surface area contributed by atoms with E-state index in [4.69, 9.17) is 27.9 Å². The van der Waals surface area contributed by atoms with E-state index in [9.17, 15) is 9.18 Å². The fourth-order valence-electron chi connectivity index (χ4n) is 2.60. The van der Waals surface area contributed by atoms with E-state index in [1.807, 2.05) is 0 Å². The fourth-order valence-corrected chi connectivity index (χ4v) is 2.89. The van der Waals surface area contributed by atoms with E-state index in [0.29, 0.717) is 28.5 Å². The van der Waals surface area contributed by atoms with Crippen molar-refractivity contribution in [3.8, 4) is 5.88 Å². The minimum absolute atomic E-state index is 0.0350. The number of methoxy groups -OCH3 is 1. The van der Waals surface area contributed by atoms with Gasteiger partial charge in [0.25, 0.3) is 5.91 Å². The number of hydrogen-bond acceptors (Lipinski definition) is 5. The number of nitrogens with one attached hydrogen (secondary N) is 2. The largest absolute Gasteiger partial charge is 0.481 e. The molecule has 3 rings (SSSR count). The van der Waals surface area contributed by atoms with Crippen LogP contribution >= 0.6 is 23.2 Å². The Hall–Kier alpha value is -2.90. The van der Waals surface area contributed by atoms with Gasteiger partial charge in [-0.2, -0.15) is 0 Å².